The van der Waals surface area contributed by atoms with E-state index in [1.807, 2.05) is 36.4 Å². The zero-order valence-electron chi connectivity index (χ0n) is 19.5. The van der Waals surface area contributed by atoms with E-state index in [-0.39, 0.29) is 35.2 Å². The van der Waals surface area contributed by atoms with Crippen molar-refractivity contribution in [3.05, 3.63) is 87.7 Å². The van der Waals surface area contributed by atoms with Gasteiger partial charge in [-0.25, -0.2) is 0 Å². The highest BCUT2D eigenvalue weighted by molar-refractivity contribution is 6.00. The van der Waals surface area contributed by atoms with Crippen LogP contribution in [0.3, 0.4) is 0 Å². The number of amides is 2. The summed E-state index contributed by atoms with van der Waals surface area (Å²) in [7, 11) is 0. The van der Waals surface area contributed by atoms with Crippen LogP contribution in [0.15, 0.2) is 65.5 Å². The number of carbonyl (C=O) groups is 2. The molecule has 5 rings (SSSR count). The summed E-state index contributed by atoms with van der Waals surface area (Å²) in [6, 6.07) is 20.0. The molecule has 180 valence electrons. The van der Waals surface area contributed by atoms with Gasteiger partial charge in [-0.3, -0.25) is 19.4 Å². The van der Waals surface area contributed by atoms with Crippen LogP contribution in [0.1, 0.15) is 41.9 Å². The Balaban J connectivity index is 1.28. The lowest BCUT2D eigenvalue weighted by atomic mass is 9.90. The topological polar surface area (TPSA) is 107 Å². The fourth-order valence-electron chi connectivity index (χ4n) is 4.94. The first kappa shape index (κ1) is 22.8. The number of aromatic nitrogens is 2. The molecular formula is C27H29N5O3. The number of rotatable bonds is 6. The highest BCUT2D eigenvalue weighted by atomic mass is 16.2. The number of aromatic amines is 1. The minimum atomic E-state index is -0.871. The molecule has 2 aliphatic rings. The molecule has 2 aliphatic heterocycles. The summed E-state index contributed by atoms with van der Waals surface area (Å²) in [6.45, 7) is 1.87. The van der Waals surface area contributed by atoms with E-state index in [1.165, 1.54) is 5.56 Å². The van der Waals surface area contributed by atoms with Gasteiger partial charge in [-0.15, -0.1) is 0 Å². The molecule has 0 saturated carbocycles. The van der Waals surface area contributed by atoms with Gasteiger partial charge in [-0.1, -0.05) is 60.7 Å². The summed E-state index contributed by atoms with van der Waals surface area (Å²) >= 11 is 0. The lowest BCUT2D eigenvalue weighted by Gasteiger charge is -2.33. The Bertz CT molecular complexity index is 1250. The van der Waals surface area contributed by atoms with Gasteiger partial charge in [0.1, 0.15) is 5.82 Å². The molecule has 2 aromatic carbocycles. The molecule has 1 unspecified atom stereocenters. The Morgan fingerprint density at radius 2 is 1.63 bits per heavy atom. The van der Waals surface area contributed by atoms with E-state index in [4.69, 9.17) is 0 Å². The van der Waals surface area contributed by atoms with Crippen LogP contribution in [-0.4, -0.2) is 34.9 Å². The van der Waals surface area contributed by atoms with E-state index in [0.717, 1.165) is 37.9 Å². The number of nitrogens with zero attached hydrogens (tertiary/aromatic N) is 2. The smallest absolute Gasteiger partial charge is 0.258 e. The van der Waals surface area contributed by atoms with Gasteiger partial charge in [-0.05, 0) is 36.3 Å². The number of benzene rings is 2. The number of carbonyl (C=O) groups excluding carboxylic acids is 2. The van der Waals surface area contributed by atoms with Gasteiger partial charge in [0.25, 0.3) is 5.56 Å². The number of fused-ring (bicyclic) bond motifs is 1. The highest BCUT2D eigenvalue weighted by Gasteiger charge is 2.35. The molecule has 3 N–H and O–H groups in total. The zero-order chi connectivity index (χ0) is 24.2. The number of nitrogens with one attached hydrogen (secondary N) is 3. The minimum Gasteiger partial charge on any atom is -0.351 e. The van der Waals surface area contributed by atoms with Crippen molar-refractivity contribution in [2.24, 2.45) is 5.92 Å². The van der Waals surface area contributed by atoms with Gasteiger partial charge in [-0.2, -0.15) is 4.98 Å². The third-order valence-electron chi connectivity index (χ3n) is 6.85. The maximum absolute atomic E-state index is 13.1. The summed E-state index contributed by atoms with van der Waals surface area (Å²) in [5.74, 6) is -0.335. The van der Waals surface area contributed by atoms with E-state index in [0.29, 0.717) is 18.4 Å². The summed E-state index contributed by atoms with van der Waals surface area (Å²) in [5, 5.41) is 5.55. The van der Waals surface area contributed by atoms with Gasteiger partial charge in [0, 0.05) is 26.1 Å². The van der Waals surface area contributed by atoms with Gasteiger partial charge >= 0.3 is 0 Å². The predicted octanol–water partition coefficient (Wildman–Crippen LogP) is 2.97. The summed E-state index contributed by atoms with van der Waals surface area (Å²) < 4.78 is 0. The Labute approximate surface area is 203 Å². The molecule has 3 aromatic rings. The summed E-state index contributed by atoms with van der Waals surface area (Å²) in [6.07, 6.45) is 2.94. The molecule has 0 aliphatic carbocycles. The second kappa shape index (κ2) is 10.1. The van der Waals surface area contributed by atoms with E-state index in [9.17, 15) is 14.4 Å². The van der Waals surface area contributed by atoms with Crippen LogP contribution in [-0.2, 0) is 22.6 Å². The molecule has 0 spiro atoms. The Hall–Kier alpha value is -3.94. The lowest BCUT2D eigenvalue weighted by molar-refractivity contribution is -0.126. The van der Waals surface area contributed by atoms with Crippen LogP contribution >= 0.6 is 0 Å². The molecule has 8 nitrogen and oxygen atoms in total. The largest absolute Gasteiger partial charge is 0.351 e. The van der Waals surface area contributed by atoms with Crippen molar-refractivity contribution in [1.82, 2.24) is 15.3 Å². The van der Waals surface area contributed by atoms with Crippen molar-refractivity contribution >= 4 is 23.6 Å². The quantitative estimate of drug-likeness (QED) is 0.512. The first-order chi connectivity index (χ1) is 17.1. The van der Waals surface area contributed by atoms with Gasteiger partial charge in [0.2, 0.25) is 17.8 Å². The van der Waals surface area contributed by atoms with Crippen LogP contribution in [0.5, 0.6) is 0 Å². The average Bonchev–Trinajstić information content (AvgIpc) is 2.88. The number of H-pyrrole nitrogens is 1. The molecule has 1 atom stereocenters. The van der Waals surface area contributed by atoms with Crippen LogP contribution < -0.4 is 21.1 Å². The van der Waals surface area contributed by atoms with Gasteiger partial charge < -0.3 is 15.5 Å². The zero-order valence-corrected chi connectivity index (χ0v) is 19.5. The molecule has 1 aromatic heterocycles. The van der Waals surface area contributed by atoms with Crippen molar-refractivity contribution in [2.75, 3.05) is 23.3 Å². The predicted molar refractivity (Wildman–Crippen MR) is 134 cm³/mol. The van der Waals surface area contributed by atoms with E-state index >= 15 is 0 Å². The molecule has 1 saturated heterocycles. The third-order valence-corrected chi connectivity index (χ3v) is 6.85. The van der Waals surface area contributed by atoms with Gasteiger partial charge in [0.05, 0.1) is 11.5 Å². The summed E-state index contributed by atoms with van der Waals surface area (Å²) in [5.41, 5.74) is 2.12. The van der Waals surface area contributed by atoms with Gasteiger partial charge in [0.15, 0.2) is 0 Å². The van der Waals surface area contributed by atoms with Crippen molar-refractivity contribution in [3.63, 3.8) is 0 Å². The fourth-order valence-corrected chi connectivity index (χ4v) is 4.94. The molecule has 1 fully saturated rings. The molecular weight excluding hydrogens is 442 g/mol. The lowest BCUT2D eigenvalue weighted by Crippen LogP contribution is -2.41. The van der Waals surface area contributed by atoms with E-state index in [1.54, 1.807) is 0 Å². The van der Waals surface area contributed by atoms with Crippen LogP contribution in [0.2, 0.25) is 0 Å². The maximum atomic E-state index is 13.1. The number of hydrogen-bond donors (Lipinski definition) is 3. The number of anilines is 2. The molecule has 8 heteroatoms. The molecule has 3 heterocycles. The molecule has 35 heavy (non-hydrogen) atoms. The fraction of sp³-hybridized carbons (Fsp3) is 0.333. The minimum absolute atomic E-state index is 0.0807. The van der Waals surface area contributed by atoms with Crippen molar-refractivity contribution in [1.29, 1.82) is 0 Å². The van der Waals surface area contributed by atoms with E-state index < -0.39 is 5.92 Å². The second-order valence-electron chi connectivity index (χ2n) is 9.28. The number of piperidine rings is 1. The van der Waals surface area contributed by atoms with Crippen LogP contribution in [0.25, 0.3) is 0 Å². The first-order valence-electron chi connectivity index (χ1n) is 12.1. The normalized spacial score (nSPS) is 18.0. The van der Waals surface area contributed by atoms with Crippen molar-refractivity contribution in [3.8, 4) is 0 Å². The molecule has 0 bridgehead atoms. The Kier molecular flexibility index (Phi) is 6.61. The standard InChI is InChI=1S/C27H29N5O3/c33-22-16-21(25(34)28-17-20-9-5-2-6-10-20)23-24(29-22)30-27(31-26(23)35)32-13-11-19(12-14-32)15-18-7-3-1-4-8-18/h1-10,19,21H,11-17H2,(H,28,34)(H2,29,30,31,33,35). The van der Waals surface area contributed by atoms with Crippen LogP contribution in [0, 0.1) is 5.92 Å². The Morgan fingerprint density at radius 1 is 0.971 bits per heavy atom. The average molecular weight is 472 g/mol. The SMILES string of the molecule is O=C1CC(C(=O)NCc2ccccc2)c2c(nc(N3CCC(Cc4ccccc4)CC3)[nH]c2=O)N1. The third kappa shape index (κ3) is 5.26. The summed E-state index contributed by atoms with van der Waals surface area (Å²) in [4.78, 5) is 47.9. The Morgan fingerprint density at radius 3 is 2.31 bits per heavy atom. The van der Waals surface area contributed by atoms with Crippen molar-refractivity contribution in [2.45, 2.75) is 38.1 Å². The monoisotopic (exact) mass is 471 g/mol. The molecule has 0 radical (unpaired) electrons. The highest BCUT2D eigenvalue weighted by Crippen LogP contribution is 2.30. The maximum Gasteiger partial charge on any atom is 0.258 e. The van der Waals surface area contributed by atoms with Crippen LogP contribution in [0.4, 0.5) is 11.8 Å². The molecule has 2 amide bonds. The number of hydrogen-bond acceptors (Lipinski definition) is 5. The second-order valence-corrected chi connectivity index (χ2v) is 9.28. The van der Waals surface area contributed by atoms with Crippen molar-refractivity contribution < 1.29 is 9.59 Å². The van der Waals surface area contributed by atoms with E-state index in [2.05, 4.69) is 49.8 Å². The first-order valence-corrected chi connectivity index (χ1v) is 12.1.